The topological polar surface area (TPSA) is 12.9 Å². The van der Waals surface area contributed by atoms with Gasteiger partial charge in [-0.15, -0.1) is 0 Å². The summed E-state index contributed by atoms with van der Waals surface area (Å²) in [4.78, 5) is 4.71. The van der Waals surface area contributed by atoms with Crippen molar-refractivity contribution in [2.45, 2.75) is 6.18 Å². The molecule has 28 heavy (non-hydrogen) atoms. The first-order valence-corrected chi connectivity index (χ1v) is 8.81. The second-order valence-electron chi connectivity index (χ2n) is 6.43. The van der Waals surface area contributed by atoms with Crippen LogP contribution in [0.1, 0.15) is 5.56 Å². The molecule has 4 rings (SSSR count). The Labute approximate surface area is 161 Å². The van der Waals surface area contributed by atoms with Crippen LogP contribution in [0.4, 0.5) is 13.2 Å². The predicted octanol–water partition coefficient (Wildman–Crippen LogP) is 7.10. The van der Waals surface area contributed by atoms with Crippen LogP contribution in [0.2, 0.25) is 0 Å². The highest BCUT2D eigenvalue weighted by Gasteiger charge is 2.30. The lowest BCUT2D eigenvalue weighted by Gasteiger charge is -2.11. The summed E-state index contributed by atoms with van der Waals surface area (Å²) < 4.78 is 38.6. The number of hydrogen-bond acceptors (Lipinski definition) is 1. The molecule has 0 spiro atoms. The Kier molecular flexibility index (Phi) is 4.70. The van der Waals surface area contributed by atoms with Gasteiger partial charge in [-0.1, -0.05) is 72.8 Å². The van der Waals surface area contributed by atoms with Crippen LogP contribution in [-0.4, -0.2) is 4.98 Å². The van der Waals surface area contributed by atoms with Crippen LogP contribution in [0.25, 0.3) is 33.6 Å². The fourth-order valence-electron chi connectivity index (χ4n) is 3.06. The van der Waals surface area contributed by atoms with Gasteiger partial charge in [0.1, 0.15) is 0 Å². The van der Waals surface area contributed by atoms with E-state index in [2.05, 4.69) is 0 Å². The first-order valence-electron chi connectivity index (χ1n) is 8.81. The van der Waals surface area contributed by atoms with Crippen molar-refractivity contribution < 1.29 is 13.2 Å². The maximum Gasteiger partial charge on any atom is 0.416 e. The molecule has 0 aliphatic rings. The lowest BCUT2D eigenvalue weighted by Crippen LogP contribution is -2.04. The number of hydrogen-bond donors (Lipinski definition) is 0. The summed E-state index contributed by atoms with van der Waals surface area (Å²) in [5.41, 5.74) is 4.32. The van der Waals surface area contributed by atoms with Gasteiger partial charge in [0.05, 0.1) is 17.0 Å². The van der Waals surface area contributed by atoms with E-state index >= 15 is 0 Å². The maximum atomic E-state index is 12.9. The lowest BCUT2D eigenvalue weighted by molar-refractivity contribution is -0.137. The first kappa shape index (κ1) is 18.0. The number of alkyl halides is 3. The van der Waals surface area contributed by atoms with Gasteiger partial charge in [0.2, 0.25) is 0 Å². The number of rotatable bonds is 3. The molecule has 0 aliphatic heterocycles. The van der Waals surface area contributed by atoms with Gasteiger partial charge in [0.15, 0.2) is 0 Å². The van der Waals surface area contributed by atoms with E-state index in [9.17, 15) is 13.2 Å². The zero-order valence-corrected chi connectivity index (χ0v) is 14.8. The van der Waals surface area contributed by atoms with E-state index in [4.69, 9.17) is 4.98 Å². The Morgan fingerprint density at radius 3 is 1.46 bits per heavy atom. The number of nitrogens with zero attached hydrogens (tertiary/aromatic N) is 1. The minimum absolute atomic E-state index is 0.633. The third-order valence-corrected chi connectivity index (χ3v) is 4.51. The first-order chi connectivity index (χ1) is 13.5. The van der Waals surface area contributed by atoms with Crippen molar-refractivity contribution in [3.05, 3.63) is 103 Å². The van der Waals surface area contributed by atoms with Gasteiger partial charge in [-0.2, -0.15) is 13.2 Å². The number of benzene rings is 3. The highest BCUT2D eigenvalue weighted by molar-refractivity contribution is 5.76. The standard InChI is InChI=1S/C24H16F3N/c25-24(26,27)21-13-11-19(12-14-21)23-16-20(17-7-3-1-4-8-17)15-22(28-23)18-9-5-2-6-10-18/h1-16H. The van der Waals surface area contributed by atoms with Gasteiger partial charge in [0, 0.05) is 11.1 Å². The SMILES string of the molecule is FC(F)(F)c1ccc(-c2cc(-c3ccccc3)cc(-c3ccccc3)n2)cc1. The molecule has 138 valence electrons. The molecule has 0 amide bonds. The summed E-state index contributed by atoms with van der Waals surface area (Å²) in [5, 5.41) is 0. The van der Waals surface area contributed by atoms with Crippen LogP contribution >= 0.6 is 0 Å². The quantitative estimate of drug-likeness (QED) is 0.372. The Bertz CT molecular complexity index is 1010. The third-order valence-electron chi connectivity index (χ3n) is 4.51. The molecule has 4 aromatic rings. The van der Waals surface area contributed by atoms with Crippen molar-refractivity contribution in [2.75, 3.05) is 0 Å². The van der Waals surface area contributed by atoms with Gasteiger partial charge >= 0.3 is 6.18 Å². The van der Waals surface area contributed by atoms with Crippen LogP contribution in [0, 0.1) is 0 Å². The van der Waals surface area contributed by atoms with Crippen LogP contribution in [0.15, 0.2) is 97.1 Å². The molecular weight excluding hydrogens is 359 g/mol. The molecule has 0 saturated carbocycles. The van der Waals surface area contributed by atoms with Crippen molar-refractivity contribution in [3.63, 3.8) is 0 Å². The fraction of sp³-hybridized carbons (Fsp3) is 0.0417. The summed E-state index contributed by atoms with van der Waals surface area (Å²) in [6.07, 6.45) is -4.35. The highest BCUT2D eigenvalue weighted by Crippen LogP contribution is 2.33. The summed E-state index contributed by atoms with van der Waals surface area (Å²) >= 11 is 0. The highest BCUT2D eigenvalue weighted by atomic mass is 19.4. The summed E-state index contributed by atoms with van der Waals surface area (Å²) in [5.74, 6) is 0. The molecule has 3 aromatic carbocycles. The normalized spacial score (nSPS) is 11.4. The Morgan fingerprint density at radius 2 is 0.964 bits per heavy atom. The van der Waals surface area contributed by atoms with Crippen LogP contribution in [-0.2, 0) is 6.18 Å². The summed E-state index contributed by atoms with van der Waals surface area (Å²) in [7, 11) is 0. The Hall–Kier alpha value is -3.40. The van der Waals surface area contributed by atoms with E-state index in [1.165, 1.54) is 12.1 Å². The largest absolute Gasteiger partial charge is 0.416 e. The van der Waals surface area contributed by atoms with Crippen LogP contribution in [0.5, 0.6) is 0 Å². The molecule has 0 aliphatic carbocycles. The average Bonchev–Trinajstić information content (AvgIpc) is 2.74. The molecule has 0 unspecified atom stereocenters. The van der Waals surface area contributed by atoms with Gasteiger partial charge < -0.3 is 0 Å². The van der Waals surface area contributed by atoms with Gasteiger partial charge in [0.25, 0.3) is 0 Å². The monoisotopic (exact) mass is 375 g/mol. The van der Waals surface area contributed by atoms with Gasteiger partial charge in [-0.05, 0) is 35.4 Å². The van der Waals surface area contributed by atoms with Crippen molar-refractivity contribution in [1.82, 2.24) is 4.98 Å². The fourth-order valence-corrected chi connectivity index (χ4v) is 3.06. The van der Waals surface area contributed by atoms with Crippen molar-refractivity contribution in [2.24, 2.45) is 0 Å². The molecule has 0 saturated heterocycles. The van der Waals surface area contributed by atoms with Crippen molar-refractivity contribution in [3.8, 4) is 33.6 Å². The molecule has 1 aromatic heterocycles. The Balaban J connectivity index is 1.85. The molecular formula is C24H16F3N. The average molecular weight is 375 g/mol. The van der Waals surface area contributed by atoms with E-state index in [1.54, 1.807) is 0 Å². The lowest BCUT2D eigenvalue weighted by atomic mass is 9.99. The molecule has 0 atom stereocenters. The van der Waals surface area contributed by atoms with Gasteiger partial charge in [-0.3, -0.25) is 0 Å². The van der Waals surface area contributed by atoms with E-state index in [0.29, 0.717) is 11.3 Å². The smallest absolute Gasteiger partial charge is 0.248 e. The van der Waals surface area contributed by atoms with Crippen LogP contribution in [0.3, 0.4) is 0 Å². The molecule has 0 fully saturated rings. The number of halogens is 3. The van der Waals surface area contributed by atoms with E-state index < -0.39 is 11.7 Å². The Morgan fingerprint density at radius 1 is 0.500 bits per heavy atom. The second kappa shape index (κ2) is 7.31. The van der Waals surface area contributed by atoms with E-state index in [-0.39, 0.29) is 0 Å². The third kappa shape index (κ3) is 3.81. The second-order valence-corrected chi connectivity index (χ2v) is 6.43. The predicted molar refractivity (Wildman–Crippen MR) is 106 cm³/mol. The molecule has 4 heteroatoms. The number of aromatic nitrogens is 1. The molecule has 1 heterocycles. The maximum absolute atomic E-state index is 12.9. The van der Waals surface area contributed by atoms with Crippen molar-refractivity contribution in [1.29, 1.82) is 0 Å². The zero-order chi connectivity index (χ0) is 19.6. The molecule has 0 radical (unpaired) electrons. The van der Waals surface area contributed by atoms with E-state index in [1.807, 2.05) is 72.8 Å². The summed E-state index contributed by atoms with van der Waals surface area (Å²) in [6, 6.07) is 28.6. The summed E-state index contributed by atoms with van der Waals surface area (Å²) in [6.45, 7) is 0. The van der Waals surface area contributed by atoms with Crippen molar-refractivity contribution >= 4 is 0 Å². The number of pyridine rings is 1. The molecule has 1 nitrogen and oxygen atoms in total. The molecule has 0 bridgehead atoms. The zero-order valence-electron chi connectivity index (χ0n) is 14.8. The van der Waals surface area contributed by atoms with Gasteiger partial charge in [-0.25, -0.2) is 4.98 Å². The minimum atomic E-state index is -4.35. The molecule has 0 N–H and O–H groups in total. The van der Waals surface area contributed by atoms with E-state index in [0.717, 1.165) is 34.5 Å². The minimum Gasteiger partial charge on any atom is -0.248 e. The van der Waals surface area contributed by atoms with Crippen LogP contribution < -0.4 is 0 Å².